The molecule has 0 radical (unpaired) electrons. The lowest BCUT2D eigenvalue weighted by Gasteiger charge is -2.05. The molecule has 13 heavy (non-hydrogen) atoms. The molecule has 1 atom stereocenters. The van der Waals surface area contributed by atoms with Crippen LogP contribution >= 0.6 is 0 Å². The van der Waals surface area contributed by atoms with E-state index in [9.17, 15) is 0 Å². The van der Waals surface area contributed by atoms with Crippen molar-refractivity contribution >= 4 is 0 Å². The lowest BCUT2D eigenvalue weighted by Crippen LogP contribution is -2.19. The molecule has 0 spiro atoms. The van der Waals surface area contributed by atoms with Crippen LogP contribution in [0.3, 0.4) is 0 Å². The summed E-state index contributed by atoms with van der Waals surface area (Å²) in [5.41, 5.74) is 6.74. The third kappa shape index (κ3) is 2.81. The molecule has 68 valence electrons. The van der Waals surface area contributed by atoms with Gasteiger partial charge in [0, 0.05) is 0 Å². The van der Waals surface area contributed by atoms with E-state index in [4.69, 9.17) is 16.9 Å². The average Bonchev–Trinajstić information content (AvgIpc) is 2.19. The van der Waals surface area contributed by atoms with E-state index in [1.807, 2.05) is 24.3 Å². The van der Waals surface area contributed by atoms with Crippen LogP contribution in [0.25, 0.3) is 0 Å². The molecular formula is C11H13NO. The van der Waals surface area contributed by atoms with Gasteiger partial charge < -0.3 is 10.5 Å². The number of benzene rings is 1. The van der Waals surface area contributed by atoms with Gasteiger partial charge in [0.05, 0.1) is 13.2 Å². The van der Waals surface area contributed by atoms with Gasteiger partial charge in [-0.05, 0) is 24.1 Å². The smallest absolute Gasteiger partial charge is 0.118 e. The van der Waals surface area contributed by atoms with Crippen LogP contribution in [-0.4, -0.2) is 13.2 Å². The Kier molecular flexibility index (Phi) is 3.36. The van der Waals surface area contributed by atoms with E-state index in [2.05, 4.69) is 5.92 Å². The molecule has 2 nitrogen and oxygen atoms in total. The van der Waals surface area contributed by atoms with Crippen molar-refractivity contribution < 1.29 is 4.74 Å². The molecule has 0 aliphatic heterocycles. The van der Waals surface area contributed by atoms with Crippen LogP contribution in [0.2, 0.25) is 0 Å². The molecule has 0 fully saturated rings. The topological polar surface area (TPSA) is 35.2 Å². The number of hydrogen-bond acceptors (Lipinski definition) is 2. The summed E-state index contributed by atoms with van der Waals surface area (Å²) in [7, 11) is 1.64. The first kappa shape index (κ1) is 9.63. The van der Waals surface area contributed by atoms with Crippen LogP contribution in [0.4, 0.5) is 0 Å². The molecule has 1 aromatic carbocycles. The summed E-state index contributed by atoms with van der Waals surface area (Å²) in [6.45, 7) is 0. The molecule has 0 unspecified atom stereocenters. The van der Waals surface area contributed by atoms with Crippen molar-refractivity contribution in [3.05, 3.63) is 29.8 Å². The number of hydrogen-bond donors (Lipinski definition) is 1. The number of nitrogens with two attached hydrogens (primary N) is 1. The Morgan fingerprint density at radius 2 is 2.08 bits per heavy atom. The maximum Gasteiger partial charge on any atom is 0.118 e. The average molecular weight is 175 g/mol. The van der Waals surface area contributed by atoms with Gasteiger partial charge in [-0.25, -0.2) is 0 Å². The van der Waals surface area contributed by atoms with Gasteiger partial charge in [0.2, 0.25) is 0 Å². The highest BCUT2D eigenvalue weighted by Crippen LogP contribution is 2.11. The van der Waals surface area contributed by atoms with Gasteiger partial charge in [0.1, 0.15) is 5.75 Å². The summed E-state index contributed by atoms with van der Waals surface area (Å²) in [4.78, 5) is 0. The second-order valence-electron chi connectivity index (χ2n) is 2.83. The molecule has 2 N–H and O–H groups in total. The van der Waals surface area contributed by atoms with Gasteiger partial charge >= 0.3 is 0 Å². The molecule has 0 aromatic heterocycles. The second kappa shape index (κ2) is 4.54. The maximum atomic E-state index is 5.61. The van der Waals surface area contributed by atoms with E-state index in [1.54, 1.807) is 7.11 Å². The molecule has 0 bridgehead atoms. The monoisotopic (exact) mass is 175 g/mol. The molecule has 2 heteroatoms. The second-order valence-corrected chi connectivity index (χ2v) is 2.83. The minimum Gasteiger partial charge on any atom is -0.497 e. The normalized spacial score (nSPS) is 11.8. The zero-order valence-corrected chi connectivity index (χ0v) is 7.66. The van der Waals surface area contributed by atoms with Crippen LogP contribution in [0.5, 0.6) is 5.75 Å². The first-order chi connectivity index (χ1) is 6.26. The van der Waals surface area contributed by atoms with Crippen molar-refractivity contribution in [2.24, 2.45) is 5.73 Å². The van der Waals surface area contributed by atoms with Gasteiger partial charge in [-0.15, -0.1) is 6.42 Å². The summed E-state index contributed by atoms with van der Waals surface area (Å²) in [5, 5.41) is 0. The van der Waals surface area contributed by atoms with Crippen molar-refractivity contribution in [1.29, 1.82) is 0 Å². The van der Waals surface area contributed by atoms with Crippen molar-refractivity contribution in [1.82, 2.24) is 0 Å². The Morgan fingerprint density at radius 3 is 2.54 bits per heavy atom. The van der Waals surface area contributed by atoms with E-state index in [-0.39, 0.29) is 6.04 Å². The molecule has 0 saturated heterocycles. The first-order valence-electron chi connectivity index (χ1n) is 4.11. The summed E-state index contributed by atoms with van der Waals surface area (Å²) >= 11 is 0. The molecule has 0 aliphatic rings. The Hall–Kier alpha value is -1.46. The Balaban J connectivity index is 2.65. The van der Waals surface area contributed by atoms with Crippen molar-refractivity contribution in [2.75, 3.05) is 7.11 Å². The van der Waals surface area contributed by atoms with Crippen LogP contribution in [0.1, 0.15) is 5.56 Å². The number of terminal acetylenes is 1. The van der Waals surface area contributed by atoms with Gasteiger partial charge in [-0.2, -0.15) is 0 Å². The molecule has 0 aliphatic carbocycles. The van der Waals surface area contributed by atoms with Crippen molar-refractivity contribution in [2.45, 2.75) is 12.5 Å². The molecule has 0 amide bonds. The maximum absolute atomic E-state index is 5.61. The fraction of sp³-hybridized carbons (Fsp3) is 0.273. The van der Waals surface area contributed by atoms with E-state index in [1.165, 1.54) is 0 Å². The van der Waals surface area contributed by atoms with E-state index < -0.39 is 0 Å². The Labute approximate surface area is 78.7 Å². The third-order valence-corrected chi connectivity index (χ3v) is 1.83. The highest BCUT2D eigenvalue weighted by molar-refractivity contribution is 5.28. The first-order valence-corrected chi connectivity index (χ1v) is 4.11. The van der Waals surface area contributed by atoms with E-state index >= 15 is 0 Å². The molecule has 1 aromatic rings. The quantitative estimate of drug-likeness (QED) is 0.700. The Bertz CT molecular complexity index is 297. The zero-order chi connectivity index (χ0) is 9.68. The zero-order valence-electron chi connectivity index (χ0n) is 7.66. The standard InChI is InChI=1S/C11H13NO/c1-3-10(12)8-9-4-6-11(13-2)7-5-9/h1,4-7,10H,8,12H2,2H3/t10-/m1/s1. The predicted octanol–water partition coefficient (Wildman–Crippen LogP) is 1.20. The summed E-state index contributed by atoms with van der Waals surface area (Å²) in [5.74, 6) is 3.33. The van der Waals surface area contributed by atoms with E-state index in [0.717, 1.165) is 11.3 Å². The minimum absolute atomic E-state index is 0.201. The number of ether oxygens (including phenoxy) is 1. The highest BCUT2D eigenvalue weighted by Gasteiger charge is 1.99. The summed E-state index contributed by atoms with van der Waals surface area (Å²) in [6.07, 6.45) is 5.89. The van der Waals surface area contributed by atoms with Gasteiger partial charge in [0.15, 0.2) is 0 Å². The summed E-state index contributed by atoms with van der Waals surface area (Å²) in [6, 6.07) is 7.54. The fourth-order valence-electron chi connectivity index (χ4n) is 1.07. The minimum atomic E-state index is -0.201. The molecule has 0 heterocycles. The van der Waals surface area contributed by atoms with Crippen LogP contribution in [-0.2, 0) is 6.42 Å². The fourth-order valence-corrected chi connectivity index (χ4v) is 1.07. The van der Waals surface area contributed by atoms with Crippen molar-refractivity contribution in [3.8, 4) is 18.1 Å². The van der Waals surface area contributed by atoms with Crippen LogP contribution in [0, 0.1) is 12.3 Å². The third-order valence-electron chi connectivity index (χ3n) is 1.83. The lowest BCUT2D eigenvalue weighted by atomic mass is 10.1. The summed E-state index contributed by atoms with van der Waals surface area (Å²) < 4.78 is 5.03. The molecule has 1 rings (SSSR count). The van der Waals surface area contributed by atoms with Crippen LogP contribution < -0.4 is 10.5 Å². The molecular weight excluding hydrogens is 162 g/mol. The number of methoxy groups -OCH3 is 1. The molecule has 0 saturated carbocycles. The largest absolute Gasteiger partial charge is 0.497 e. The van der Waals surface area contributed by atoms with Gasteiger partial charge in [0.25, 0.3) is 0 Å². The number of rotatable bonds is 3. The predicted molar refractivity (Wildman–Crippen MR) is 53.5 cm³/mol. The van der Waals surface area contributed by atoms with E-state index in [0.29, 0.717) is 6.42 Å². The van der Waals surface area contributed by atoms with Crippen LogP contribution in [0.15, 0.2) is 24.3 Å². The highest BCUT2D eigenvalue weighted by atomic mass is 16.5. The van der Waals surface area contributed by atoms with Gasteiger partial charge in [-0.3, -0.25) is 0 Å². The van der Waals surface area contributed by atoms with Crippen molar-refractivity contribution in [3.63, 3.8) is 0 Å². The lowest BCUT2D eigenvalue weighted by molar-refractivity contribution is 0.414. The SMILES string of the molecule is C#C[C@@H](N)Cc1ccc(OC)cc1. The Morgan fingerprint density at radius 1 is 1.46 bits per heavy atom. The van der Waals surface area contributed by atoms with Gasteiger partial charge in [-0.1, -0.05) is 18.1 Å².